The van der Waals surface area contributed by atoms with Crippen LogP contribution < -0.4 is 0 Å². The lowest BCUT2D eigenvalue weighted by atomic mass is 10.0. The fourth-order valence-corrected chi connectivity index (χ4v) is 2.35. The van der Waals surface area contributed by atoms with Crippen molar-refractivity contribution in [3.05, 3.63) is 44.4 Å². The van der Waals surface area contributed by atoms with Crippen LogP contribution in [0.2, 0.25) is 4.47 Å². The minimum atomic E-state index is 0.510. The third-order valence-electron chi connectivity index (χ3n) is 2.29. The van der Waals surface area contributed by atoms with E-state index in [2.05, 4.69) is 42.2 Å². The van der Waals surface area contributed by atoms with Gasteiger partial charge in [-0.1, -0.05) is 35.1 Å². The second-order valence-corrected chi connectivity index (χ2v) is 5.20. The molecular weight excluding hydrogens is 228 g/mol. The van der Waals surface area contributed by atoms with E-state index in [0.29, 0.717) is 4.47 Å². The molecule has 0 saturated heterocycles. The molecule has 0 aliphatic carbocycles. The van der Waals surface area contributed by atoms with Crippen molar-refractivity contribution in [2.75, 3.05) is 0 Å². The Bertz CT molecular complexity index is 479. The molecule has 1 aromatic carbocycles. The Balaban J connectivity index is 2.27. The number of benzene rings is 1. The molecule has 1 aromatic heterocycles. The first-order chi connectivity index (χ1) is 7.15. The standard InChI is InChI=1S/C11H11ClN2S/c1-7-3-4-8(2)9(5-7)6-10-13-14-11(12)15-10/h3-5H,6H2,1-2H3. The fourth-order valence-electron chi connectivity index (χ4n) is 1.46. The van der Waals surface area contributed by atoms with Crippen molar-refractivity contribution in [2.24, 2.45) is 0 Å². The highest BCUT2D eigenvalue weighted by atomic mass is 35.5. The van der Waals surface area contributed by atoms with Gasteiger partial charge in [-0.3, -0.25) is 0 Å². The number of halogens is 1. The summed E-state index contributed by atoms with van der Waals surface area (Å²) >= 11 is 7.18. The van der Waals surface area contributed by atoms with Crippen molar-refractivity contribution in [3.8, 4) is 0 Å². The molecular formula is C11H11ClN2S. The Morgan fingerprint density at radius 3 is 2.73 bits per heavy atom. The summed E-state index contributed by atoms with van der Waals surface area (Å²) in [6.45, 7) is 4.20. The summed E-state index contributed by atoms with van der Waals surface area (Å²) in [5, 5.41) is 8.78. The normalized spacial score (nSPS) is 10.6. The minimum Gasteiger partial charge on any atom is -0.142 e. The van der Waals surface area contributed by atoms with E-state index in [-0.39, 0.29) is 0 Å². The molecule has 0 aliphatic rings. The van der Waals surface area contributed by atoms with E-state index in [4.69, 9.17) is 11.6 Å². The second-order valence-electron chi connectivity index (χ2n) is 3.56. The molecule has 0 aliphatic heterocycles. The maximum absolute atomic E-state index is 5.74. The SMILES string of the molecule is Cc1ccc(C)c(Cc2nnc(Cl)s2)c1. The maximum Gasteiger partial charge on any atom is 0.207 e. The highest BCUT2D eigenvalue weighted by molar-refractivity contribution is 7.15. The predicted octanol–water partition coefficient (Wildman–Crippen LogP) is 3.40. The molecule has 0 spiro atoms. The molecule has 0 amide bonds. The largest absolute Gasteiger partial charge is 0.207 e. The molecule has 2 rings (SSSR count). The summed E-state index contributed by atoms with van der Waals surface area (Å²) in [4.78, 5) is 0. The van der Waals surface area contributed by atoms with Crippen LogP contribution in [0.25, 0.3) is 0 Å². The molecule has 0 atom stereocenters. The number of nitrogens with zero attached hydrogens (tertiary/aromatic N) is 2. The molecule has 2 aromatic rings. The molecule has 0 unspecified atom stereocenters. The summed E-state index contributed by atoms with van der Waals surface area (Å²) in [7, 11) is 0. The molecule has 0 saturated carbocycles. The van der Waals surface area contributed by atoms with Crippen LogP contribution in [0.4, 0.5) is 0 Å². The number of hydrogen-bond acceptors (Lipinski definition) is 3. The van der Waals surface area contributed by atoms with Gasteiger partial charge in [-0.2, -0.15) is 0 Å². The highest BCUT2D eigenvalue weighted by Gasteiger charge is 2.05. The second kappa shape index (κ2) is 4.29. The van der Waals surface area contributed by atoms with Crippen LogP contribution in [0, 0.1) is 13.8 Å². The Morgan fingerprint density at radius 2 is 2.07 bits per heavy atom. The fraction of sp³-hybridized carbons (Fsp3) is 0.273. The summed E-state index contributed by atoms with van der Waals surface area (Å²) in [6, 6.07) is 6.43. The average Bonchev–Trinajstić information content (AvgIpc) is 2.58. The van der Waals surface area contributed by atoms with Crippen molar-refractivity contribution in [3.63, 3.8) is 0 Å². The van der Waals surface area contributed by atoms with Gasteiger partial charge in [0.15, 0.2) is 0 Å². The van der Waals surface area contributed by atoms with Crippen LogP contribution in [0.3, 0.4) is 0 Å². The van der Waals surface area contributed by atoms with E-state index >= 15 is 0 Å². The highest BCUT2D eigenvalue weighted by Crippen LogP contribution is 2.20. The van der Waals surface area contributed by atoms with E-state index in [1.165, 1.54) is 28.0 Å². The van der Waals surface area contributed by atoms with Gasteiger partial charge in [0.1, 0.15) is 5.01 Å². The van der Waals surface area contributed by atoms with Crippen molar-refractivity contribution < 1.29 is 0 Å². The first kappa shape index (κ1) is 10.6. The van der Waals surface area contributed by atoms with Gasteiger partial charge in [-0.25, -0.2) is 0 Å². The average molecular weight is 239 g/mol. The van der Waals surface area contributed by atoms with E-state index in [1.807, 2.05) is 0 Å². The van der Waals surface area contributed by atoms with Crippen molar-refractivity contribution in [1.29, 1.82) is 0 Å². The van der Waals surface area contributed by atoms with Crippen LogP contribution in [-0.2, 0) is 6.42 Å². The van der Waals surface area contributed by atoms with Gasteiger partial charge >= 0.3 is 0 Å². The molecule has 0 radical (unpaired) electrons. The third-order valence-corrected chi connectivity index (χ3v) is 3.31. The zero-order valence-corrected chi connectivity index (χ0v) is 10.2. The number of hydrogen-bond donors (Lipinski definition) is 0. The zero-order chi connectivity index (χ0) is 10.8. The number of aromatic nitrogens is 2. The Labute approximate surface area is 97.9 Å². The molecule has 0 N–H and O–H groups in total. The van der Waals surface area contributed by atoms with Gasteiger partial charge in [0.25, 0.3) is 0 Å². The lowest BCUT2D eigenvalue weighted by Gasteiger charge is -2.04. The van der Waals surface area contributed by atoms with Crippen molar-refractivity contribution in [2.45, 2.75) is 20.3 Å². The first-order valence-electron chi connectivity index (χ1n) is 4.69. The maximum atomic E-state index is 5.74. The van der Waals surface area contributed by atoms with Crippen LogP contribution in [0.1, 0.15) is 21.7 Å². The predicted molar refractivity (Wildman–Crippen MR) is 63.6 cm³/mol. The quantitative estimate of drug-likeness (QED) is 0.802. The van der Waals surface area contributed by atoms with E-state index in [1.54, 1.807) is 0 Å². The van der Waals surface area contributed by atoms with E-state index in [0.717, 1.165) is 11.4 Å². The lowest BCUT2D eigenvalue weighted by molar-refractivity contribution is 0.996. The zero-order valence-electron chi connectivity index (χ0n) is 8.62. The lowest BCUT2D eigenvalue weighted by Crippen LogP contribution is -1.92. The minimum absolute atomic E-state index is 0.510. The van der Waals surface area contributed by atoms with E-state index in [9.17, 15) is 0 Å². The van der Waals surface area contributed by atoms with Crippen LogP contribution in [0.5, 0.6) is 0 Å². The molecule has 2 nitrogen and oxygen atoms in total. The number of rotatable bonds is 2. The van der Waals surface area contributed by atoms with Crippen LogP contribution in [0.15, 0.2) is 18.2 Å². The van der Waals surface area contributed by atoms with Crippen LogP contribution in [-0.4, -0.2) is 10.2 Å². The Kier molecular flexibility index (Phi) is 3.03. The summed E-state index contributed by atoms with van der Waals surface area (Å²) < 4.78 is 0.510. The topological polar surface area (TPSA) is 25.8 Å². The van der Waals surface area contributed by atoms with Crippen molar-refractivity contribution in [1.82, 2.24) is 10.2 Å². The summed E-state index contributed by atoms with van der Waals surface area (Å²) in [6.07, 6.45) is 0.817. The number of aryl methyl sites for hydroxylation is 2. The molecule has 1 heterocycles. The molecule has 0 bridgehead atoms. The summed E-state index contributed by atoms with van der Waals surface area (Å²) in [5.74, 6) is 0. The van der Waals surface area contributed by atoms with Gasteiger partial charge in [0, 0.05) is 6.42 Å². The van der Waals surface area contributed by atoms with Gasteiger partial charge in [-0.15, -0.1) is 10.2 Å². The molecule has 0 fully saturated rings. The van der Waals surface area contributed by atoms with Crippen LogP contribution >= 0.6 is 22.9 Å². The molecule has 15 heavy (non-hydrogen) atoms. The smallest absolute Gasteiger partial charge is 0.142 e. The molecule has 4 heteroatoms. The third kappa shape index (κ3) is 2.55. The van der Waals surface area contributed by atoms with Gasteiger partial charge in [-0.05, 0) is 36.6 Å². The van der Waals surface area contributed by atoms with Crippen molar-refractivity contribution >= 4 is 22.9 Å². The summed E-state index contributed by atoms with van der Waals surface area (Å²) in [5.41, 5.74) is 3.85. The Hall–Kier alpha value is -0.930. The van der Waals surface area contributed by atoms with Gasteiger partial charge in [0.2, 0.25) is 4.47 Å². The van der Waals surface area contributed by atoms with Gasteiger partial charge < -0.3 is 0 Å². The van der Waals surface area contributed by atoms with E-state index < -0.39 is 0 Å². The first-order valence-corrected chi connectivity index (χ1v) is 5.88. The van der Waals surface area contributed by atoms with Gasteiger partial charge in [0.05, 0.1) is 0 Å². The Morgan fingerprint density at radius 1 is 1.27 bits per heavy atom. The monoisotopic (exact) mass is 238 g/mol. The molecule has 78 valence electrons.